The molecule has 0 fully saturated rings. The van der Waals surface area contributed by atoms with Crippen LogP contribution in [0.1, 0.15) is 48.2 Å². The Labute approximate surface area is 90.0 Å². The lowest BCUT2D eigenvalue weighted by Crippen LogP contribution is -1.87. The number of hydrogen-bond donors (Lipinski definition) is 0. The molecule has 14 heavy (non-hydrogen) atoms. The molecule has 1 aromatic heterocycles. The Hall–Kier alpha value is -0.630. The third kappa shape index (κ3) is 1.90. The summed E-state index contributed by atoms with van der Waals surface area (Å²) in [7, 11) is 0. The fraction of sp³-hybridized carbons (Fsp3) is 0.583. The van der Waals surface area contributed by atoms with Gasteiger partial charge in [0.25, 0.3) is 0 Å². The molecule has 0 aliphatic heterocycles. The van der Waals surface area contributed by atoms with Gasteiger partial charge in [-0.05, 0) is 56.6 Å². The van der Waals surface area contributed by atoms with Gasteiger partial charge in [0.05, 0.1) is 5.69 Å². The van der Waals surface area contributed by atoms with E-state index in [-0.39, 0.29) is 0 Å². The minimum absolute atomic E-state index is 1.22. The maximum Gasteiger partial charge on any atom is 0.0588 e. The monoisotopic (exact) mass is 207 g/mol. The van der Waals surface area contributed by atoms with Crippen LogP contribution in [0.15, 0.2) is 6.08 Å². The summed E-state index contributed by atoms with van der Waals surface area (Å²) < 4.78 is 4.42. The molecule has 1 heterocycles. The number of nitrogens with zero attached hydrogens (tertiary/aromatic N) is 1. The zero-order chi connectivity index (χ0) is 9.97. The van der Waals surface area contributed by atoms with E-state index in [0.717, 1.165) is 0 Å². The summed E-state index contributed by atoms with van der Waals surface area (Å²) in [5.74, 6) is 0. The van der Waals surface area contributed by atoms with Gasteiger partial charge in [0.15, 0.2) is 0 Å². The van der Waals surface area contributed by atoms with Crippen LogP contribution in [0, 0.1) is 13.8 Å². The lowest BCUT2D eigenvalue weighted by atomic mass is 10.0. The first-order chi connectivity index (χ1) is 6.79. The van der Waals surface area contributed by atoms with Gasteiger partial charge in [0.1, 0.15) is 0 Å². The molecule has 0 bridgehead atoms. The highest BCUT2D eigenvalue weighted by molar-refractivity contribution is 7.06. The van der Waals surface area contributed by atoms with Crippen LogP contribution >= 0.6 is 11.5 Å². The SMILES string of the molecule is Cc1nsc(C)c1C1=CCCCCC1. The molecule has 0 amide bonds. The Morgan fingerprint density at radius 2 is 2.07 bits per heavy atom. The van der Waals surface area contributed by atoms with Gasteiger partial charge in [-0.25, -0.2) is 0 Å². The summed E-state index contributed by atoms with van der Waals surface area (Å²) >= 11 is 1.64. The number of rotatable bonds is 1. The van der Waals surface area contributed by atoms with Crippen molar-refractivity contribution in [3.05, 3.63) is 22.2 Å². The van der Waals surface area contributed by atoms with Gasteiger partial charge in [-0.15, -0.1) is 0 Å². The zero-order valence-corrected chi connectivity index (χ0v) is 9.78. The van der Waals surface area contributed by atoms with Crippen molar-refractivity contribution < 1.29 is 0 Å². The molecule has 2 rings (SSSR count). The van der Waals surface area contributed by atoms with Gasteiger partial charge < -0.3 is 0 Å². The number of allylic oxidation sites excluding steroid dienone is 2. The van der Waals surface area contributed by atoms with Crippen molar-refractivity contribution in [2.24, 2.45) is 0 Å². The van der Waals surface area contributed by atoms with Crippen LogP contribution in [-0.4, -0.2) is 4.37 Å². The number of hydrogen-bond acceptors (Lipinski definition) is 2. The standard InChI is InChI=1S/C12H17NS/c1-9-12(10(2)14-13-9)11-7-5-3-4-6-8-11/h7H,3-6,8H2,1-2H3. The molecule has 0 saturated carbocycles. The average molecular weight is 207 g/mol. The normalized spacial score (nSPS) is 17.7. The molecular weight excluding hydrogens is 190 g/mol. The largest absolute Gasteiger partial charge is 0.197 e. The van der Waals surface area contributed by atoms with Crippen molar-refractivity contribution in [2.75, 3.05) is 0 Å². The maximum atomic E-state index is 4.42. The van der Waals surface area contributed by atoms with Crippen LogP contribution in [0.4, 0.5) is 0 Å². The third-order valence-electron chi connectivity index (χ3n) is 2.90. The van der Waals surface area contributed by atoms with Crippen LogP contribution in [0.3, 0.4) is 0 Å². The Kier molecular flexibility index (Phi) is 3.02. The van der Waals surface area contributed by atoms with E-state index in [1.807, 2.05) is 0 Å². The average Bonchev–Trinajstić information content (AvgIpc) is 2.45. The van der Waals surface area contributed by atoms with Gasteiger partial charge in [-0.1, -0.05) is 12.5 Å². The van der Waals surface area contributed by atoms with Crippen molar-refractivity contribution in [3.8, 4) is 0 Å². The van der Waals surface area contributed by atoms with Crippen molar-refractivity contribution in [3.63, 3.8) is 0 Å². The smallest absolute Gasteiger partial charge is 0.0588 e. The van der Waals surface area contributed by atoms with Crippen LogP contribution in [0.2, 0.25) is 0 Å². The molecule has 1 aliphatic rings. The van der Waals surface area contributed by atoms with E-state index in [1.165, 1.54) is 48.2 Å². The minimum atomic E-state index is 1.22. The van der Waals surface area contributed by atoms with Crippen LogP contribution in [0.25, 0.3) is 5.57 Å². The highest BCUT2D eigenvalue weighted by Gasteiger charge is 2.12. The Balaban J connectivity index is 2.33. The molecule has 76 valence electrons. The molecule has 0 N–H and O–H groups in total. The maximum absolute atomic E-state index is 4.42. The van der Waals surface area contributed by atoms with E-state index in [0.29, 0.717) is 0 Å². The predicted octanol–water partition coefficient (Wildman–Crippen LogP) is 4.11. The minimum Gasteiger partial charge on any atom is -0.197 e. The molecule has 0 spiro atoms. The van der Waals surface area contributed by atoms with Crippen LogP contribution < -0.4 is 0 Å². The fourth-order valence-electron chi connectivity index (χ4n) is 2.18. The van der Waals surface area contributed by atoms with Crippen LogP contribution in [-0.2, 0) is 0 Å². The molecule has 2 heteroatoms. The third-order valence-corrected chi connectivity index (χ3v) is 3.74. The Morgan fingerprint density at radius 1 is 1.21 bits per heavy atom. The van der Waals surface area contributed by atoms with E-state index in [9.17, 15) is 0 Å². The van der Waals surface area contributed by atoms with Gasteiger partial charge in [-0.2, -0.15) is 4.37 Å². The Bertz CT molecular complexity index is 330. The molecule has 1 aliphatic carbocycles. The summed E-state index contributed by atoms with van der Waals surface area (Å²) in [6, 6.07) is 0. The molecule has 1 nitrogen and oxygen atoms in total. The van der Waals surface area contributed by atoms with Crippen molar-refractivity contribution in [1.82, 2.24) is 4.37 Å². The number of aryl methyl sites for hydroxylation is 2. The van der Waals surface area contributed by atoms with Crippen LogP contribution in [0.5, 0.6) is 0 Å². The van der Waals surface area contributed by atoms with E-state index >= 15 is 0 Å². The molecule has 0 aromatic carbocycles. The summed E-state index contributed by atoms with van der Waals surface area (Å²) in [4.78, 5) is 1.38. The first-order valence-electron chi connectivity index (χ1n) is 5.41. The second-order valence-electron chi connectivity index (χ2n) is 4.03. The second kappa shape index (κ2) is 4.26. The first-order valence-corrected chi connectivity index (χ1v) is 6.18. The van der Waals surface area contributed by atoms with E-state index in [2.05, 4.69) is 24.3 Å². The zero-order valence-electron chi connectivity index (χ0n) is 8.97. The fourth-order valence-corrected chi connectivity index (χ4v) is 2.92. The molecule has 0 saturated heterocycles. The quantitative estimate of drug-likeness (QED) is 0.675. The second-order valence-corrected chi connectivity index (χ2v) is 5.01. The van der Waals surface area contributed by atoms with E-state index in [1.54, 1.807) is 17.1 Å². The lowest BCUT2D eigenvalue weighted by molar-refractivity contribution is 0.720. The highest BCUT2D eigenvalue weighted by Crippen LogP contribution is 2.31. The van der Waals surface area contributed by atoms with Gasteiger partial charge in [0.2, 0.25) is 0 Å². The molecule has 0 unspecified atom stereocenters. The predicted molar refractivity (Wildman–Crippen MR) is 62.7 cm³/mol. The highest BCUT2D eigenvalue weighted by atomic mass is 32.1. The lowest BCUT2D eigenvalue weighted by Gasteiger charge is -2.05. The summed E-state index contributed by atoms with van der Waals surface area (Å²) in [5.41, 5.74) is 4.21. The van der Waals surface area contributed by atoms with E-state index < -0.39 is 0 Å². The van der Waals surface area contributed by atoms with Crippen molar-refractivity contribution in [2.45, 2.75) is 46.0 Å². The summed E-state index contributed by atoms with van der Waals surface area (Å²) in [6.07, 6.45) is 9.02. The van der Waals surface area contributed by atoms with Crippen molar-refractivity contribution in [1.29, 1.82) is 0 Å². The van der Waals surface area contributed by atoms with Gasteiger partial charge >= 0.3 is 0 Å². The molecular formula is C12H17NS. The first kappa shape index (κ1) is 9.91. The summed E-state index contributed by atoms with van der Waals surface area (Å²) in [5, 5.41) is 0. The Morgan fingerprint density at radius 3 is 2.79 bits per heavy atom. The molecule has 1 aromatic rings. The molecule has 0 radical (unpaired) electrons. The van der Waals surface area contributed by atoms with E-state index in [4.69, 9.17) is 0 Å². The summed E-state index contributed by atoms with van der Waals surface area (Å²) in [6.45, 7) is 4.32. The van der Waals surface area contributed by atoms with Gasteiger partial charge in [0, 0.05) is 10.4 Å². The molecule has 0 atom stereocenters. The van der Waals surface area contributed by atoms with Gasteiger partial charge in [-0.3, -0.25) is 0 Å². The van der Waals surface area contributed by atoms with Crippen molar-refractivity contribution >= 4 is 17.1 Å². The number of aromatic nitrogens is 1. The topological polar surface area (TPSA) is 12.9 Å².